The van der Waals surface area contributed by atoms with Crippen LogP contribution >= 0.6 is 23.3 Å². The summed E-state index contributed by atoms with van der Waals surface area (Å²) in [4.78, 5) is 11.4. The Labute approximate surface area is 98.8 Å². The van der Waals surface area contributed by atoms with E-state index in [1.54, 1.807) is 18.7 Å². The Morgan fingerprint density at radius 3 is 2.87 bits per heavy atom. The number of nitrogens with zero attached hydrogens (tertiary/aromatic N) is 1. The minimum absolute atomic E-state index is 0.0834. The average molecular weight is 244 g/mol. The number of anilines is 1. The van der Waals surface area contributed by atoms with Crippen LogP contribution in [0.5, 0.6) is 0 Å². The number of nitrogens with one attached hydrogen (secondary N) is 1. The Balaban J connectivity index is 2.81. The molecule has 1 rings (SSSR count). The molecule has 5 heteroatoms. The van der Waals surface area contributed by atoms with Gasteiger partial charge < -0.3 is 5.32 Å². The van der Waals surface area contributed by atoms with Crippen LogP contribution in [0.2, 0.25) is 0 Å². The van der Waals surface area contributed by atoms with E-state index in [4.69, 9.17) is 0 Å². The van der Waals surface area contributed by atoms with Crippen LogP contribution in [0.15, 0.2) is 0 Å². The summed E-state index contributed by atoms with van der Waals surface area (Å²) in [7, 11) is 0. The molecule has 0 fully saturated rings. The number of hydrogen-bond donors (Lipinski definition) is 1. The molecule has 1 aromatic rings. The molecule has 0 aliphatic rings. The highest BCUT2D eigenvalue weighted by atomic mass is 32.2. The van der Waals surface area contributed by atoms with Gasteiger partial charge >= 0.3 is 0 Å². The molecule has 0 aliphatic carbocycles. The lowest BCUT2D eigenvalue weighted by Gasteiger charge is -2.12. The zero-order chi connectivity index (χ0) is 11.4. The van der Waals surface area contributed by atoms with Gasteiger partial charge in [0.15, 0.2) is 5.78 Å². The molecule has 15 heavy (non-hydrogen) atoms. The first-order chi connectivity index (χ1) is 7.06. The zero-order valence-electron chi connectivity index (χ0n) is 9.46. The second-order valence-corrected chi connectivity index (χ2v) is 5.21. The molecule has 84 valence electrons. The van der Waals surface area contributed by atoms with Gasteiger partial charge in [0.05, 0.1) is 11.3 Å². The van der Waals surface area contributed by atoms with Crippen molar-refractivity contribution in [2.45, 2.75) is 26.8 Å². The molecular weight excluding hydrogens is 228 g/mol. The SMILES string of the molecule is CSCC(C)Nc1snc(C)c1C(C)=O. The van der Waals surface area contributed by atoms with Crippen molar-refractivity contribution in [3.05, 3.63) is 11.3 Å². The van der Waals surface area contributed by atoms with Crippen molar-refractivity contribution < 1.29 is 4.79 Å². The molecule has 1 unspecified atom stereocenters. The van der Waals surface area contributed by atoms with E-state index in [1.807, 2.05) is 6.92 Å². The average Bonchev–Trinajstić information content (AvgIpc) is 2.47. The van der Waals surface area contributed by atoms with Gasteiger partial charge in [-0.1, -0.05) is 0 Å². The molecule has 0 spiro atoms. The van der Waals surface area contributed by atoms with Gasteiger partial charge in [0, 0.05) is 11.8 Å². The van der Waals surface area contributed by atoms with Crippen molar-refractivity contribution in [1.82, 2.24) is 4.37 Å². The van der Waals surface area contributed by atoms with Crippen LogP contribution in [0.1, 0.15) is 29.9 Å². The normalized spacial score (nSPS) is 12.5. The van der Waals surface area contributed by atoms with Gasteiger partial charge in [-0.3, -0.25) is 4.79 Å². The van der Waals surface area contributed by atoms with Crippen molar-refractivity contribution in [2.24, 2.45) is 0 Å². The Hall–Kier alpha value is -0.550. The van der Waals surface area contributed by atoms with E-state index in [0.29, 0.717) is 6.04 Å². The maximum atomic E-state index is 11.4. The molecule has 0 saturated heterocycles. The van der Waals surface area contributed by atoms with Crippen molar-refractivity contribution in [3.63, 3.8) is 0 Å². The van der Waals surface area contributed by atoms with E-state index in [2.05, 4.69) is 22.9 Å². The number of ketones is 1. The van der Waals surface area contributed by atoms with Gasteiger partial charge in [0.2, 0.25) is 0 Å². The van der Waals surface area contributed by atoms with E-state index in [9.17, 15) is 4.79 Å². The number of thioether (sulfide) groups is 1. The van der Waals surface area contributed by atoms with Crippen molar-refractivity contribution >= 4 is 34.1 Å². The van der Waals surface area contributed by atoms with Gasteiger partial charge in [0.25, 0.3) is 0 Å². The lowest BCUT2D eigenvalue weighted by atomic mass is 10.2. The van der Waals surface area contributed by atoms with E-state index in [1.165, 1.54) is 11.5 Å². The number of carbonyl (C=O) groups excluding carboxylic acids is 1. The second-order valence-electron chi connectivity index (χ2n) is 3.53. The number of hydrogen-bond acceptors (Lipinski definition) is 5. The summed E-state index contributed by atoms with van der Waals surface area (Å²) in [6.45, 7) is 5.56. The zero-order valence-corrected chi connectivity index (χ0v) is 11.1. The highest BCUT2D eigenvalue weighted by molar-refractivity contribution is 7.98. The van der Waals surface area contributed by atoms with Crippen LogP contribution in [0, 0.1) is 6.92 Å². The molecule has 1 atom stereocenters. The first-order valence-electron chi connectivity index (χ1n) is 4.79. The van der Waals surface area contributed by atoms with Crippen molar-refractivity contribution in [1.29, 1.82) is 0 Å². The van der Waals surface area contributed by atoms with Crippen molar-refractivity contribution in [2.75, 3.05) is 17.3 Å². The van der Waals surface area contributed by atoms with Crippen LogP contribution in [0.25, 0.3) is 0 Å². The fourth-order valence-corrected chi connectivity index (χ4v) is 2.94. The fourth-order valence-electron chi connectivity index (χ4n) is 1.40. The van der Waals surface area contributed by atoms with Gasteiger partial charge in [0.1, 0.15) is 5.00 Å². The fraction of sp³-hybridized carbons (Fsp3) is 0.600. The quantitative estimate of drug-likeness (QED) is 0.809. The van der Waals surface area contributed by atoms with Gasteiger partial charge in [-0.2, -0.15) is 16.1 Å². The Morgan fingerprint density at radius 2 is 2.33 bits per heavy atom. The summed E-state index contributed by atoms with van der Waals surface area (Å²) in [6.07, 6.45) is 2.07. The van der Waals surface area contributed by atoms with E-state index >= 15 is 0 Å². The predicted octanol–water partition coefficient (Wildman–Crippen LogP) is 2.82. The highest BCUT2D eigenvalue weighted by Gasteiger charge is 2.15. The van der Waals surface area contributed by atoms with Gasteiger partial charge in [-0.15, -0.1) is 0 Å². The van der Waals surface area contributed by atoms with Crippen LogP contribution in [-0.4, -0.2) is 28.2 Å². The molecular formula is C10H16N2OS2. The molecule has 1 N–H and O–H groups in total. The largest absolute Gasteiger partial charge is 0.372 e. The summed E-state index contributed by atoms with van der Waals surface area (Å²) >= 11 is 3.15. The summed E-state index contributed by atoms with van der Waals surface area (Å²) in [6, 6.07) is 0.359. The third-order valence-electron chi connectivity index (χ3n) is 2.01. The molecule has 0 aromatic carbocycles. The van der Waals surface area contributed by atoms with Gasteiger partial charge in [-0.25, -0.2) is 0 Å². The van der Waals surface area contributed by atoms with E-state index in [-0.39, 0.29) is 5.78 Å². The molecule has 1 heterocycles. The minimum atomic E-state index is 0.0834. The summed E-state index contributed by atoms with van der Waals surface area (Å²) < 4.78 is 4.20. The molecule has 3 nitrogen and oxygen atoms in total. The monoisotopic (exact) mass is 244 g/mol. The Bertz CT molecular complexity index is 349. The maximum absolute atomic E-state index is 11.4. The molecule has 1 aromatic heterocycles. The molecule has 0 aliphatic heterocycles. The first kappa shape index (κ1) is 12.5. The number of rotatable bonds is 5. The van der Waals surface area contributed by atoms with Crippen LogP contribution in [-0.2, 0) is 0 Å². The molecule has 0 amide bonds. The molecule has 0 saturated carbocycles. The maximum Gasteiger partial charge on any atom is 0.164 e. The van der Waals surface area contributed by atoms with Crippen LogP contribution in [0.3, 0.4) is 0 Å². The number of Topliss-reactive ketones (excluding diaryl/α,β-unsaturated/α-hetero) is 1. The number of aryl methyl sites for hydroxylation is 1. The predicted molar refractivity (Wildman–Crippen MR) is 68.3 cm³/mol. The van der Waals surface area contributed by atoms with E-state index < -0.39 is 0 Å². The lowest BCUT2D eigenvalue weighted by Crippen LogP contribution is -2.18. The van der Waals surface area contributed by atoms with Crippen molar-refractivity contribution in [3.8, 4) is 0 Å². The summed E-state index contributed by atoms with van der Waals surface area (Å²) in [5.74, 6) is 1.11. The summed E-state index contributed by atoms with van der Waals surface area (Å²) in [5.41, 5.74) is 1.57. The van der Waals surface area contributed by atoms with Crippen LogP contribution < -0.4 is 5.32 Å². The minimum Gasteiger partial charge on any atom is -0.372 e. The van der Waals surface area contributed by atoms with E-state index in [0.717, 1.165) is 22.0 Å². The topological polar surface area (TPSA) is 42.0 Å². The standard InChI is InChI=1S/C10H16N2OS2/c1-6(5-14-4)11-10-9(8(3)13)7(2)12-15-10/h6,11H,5H2,1-4H3. The number of carbonyl (C=O) groups is 1. The first-order valence-corrected chi connectivity index (χ1v) is 6.95. The third kappa shape index (κ3) is 3.21. The second kappa shape index (κ2) is 5.51. The number of aromatic nitrogens is 1. The smallest absolute Gasteiger partial charge is 0.164 e. The summed E-state index contributed by atoms with van der Waals surface area (Å²) in [5, 5.41) is 4.23. The highest BCUT2D eigenvalue weighted by Crippen LogP contribution is 2.25. The van der Waals surface area contributed by atoms with Crippen LogP contribution in [0.4, 0.5) is 5.00 Å². The molecule has 0 bridgehead atoms. The third-order valence-corrected chi connectivity index (χ3v) is 3.71. The Kier molecular flexibility index (Phi) is 4.60. The molecule has 0 radical (unpaired) electrons. The lowest BCUT2D eigenvalue weighted by molar-refractivity contribution is 0.101. The van der Waals surface area contributed by atoms with Gasteiger partial charge in [-0.05, 0) is 38.6 Å². The Morgan fingerprint density at radius 1 is 1.67 bits per heavy atom.